The third kappa shape index (κ3) is 3.25. The van der Waals surface area contributed by atoms with Crippen molar-refractivity contribution >= 4 is 17.9 Å². The third-order valence-electron chi connectivity index (χ3n) is 2.70. The molecular weight excluding hydrogens is 245 g/mol. The van der Waals surface area contributed by atoms with E-state index in [4.69, 9.17) is 0 Å². The van der Waals surface area contributed by atoms with Gasteiger partial charge in [-0.3, -0.25) is 9.59 Å². The highest BCUT2D eigenvalue weighted by Crippen LogP contribution is 2.19. The molecule has 3 nitrogen and oxygen atoms in total. The van der Waals surface area contributed by atoms with Crippen molar-refractivity contribution in [3.63, 3.8) is 0 Å². The minimum Gasteiger partial charge on any atom is -0.328 e. The highest BCUT2D eigenvalue weighted by atomic mass is 19.1. The minimum absolute atomic E-state index is 0.165. The molecule has 0 aromatic heterocycles. The van der Waals surface area contributed by atoms with E-state index in [1.807, 2.05) is 30.3 Å². The molecule has 0 unspecified atom stereocenters. The van der Waals surface area contributed by atoms with E-state index in [0.29, 0.717) is 12.1 Å². The van der Waals surface area contributed by atoms with Crippen LogP contribution in [0.25, 0.3) is 0 Å². The molecule has 0 saturated heterocycles. The van der Waals surface area contributed by atoms with Gasteiger partial charge in [0.1, 0.15) is 5.82 Å². The molecule has 2 aromatic carbocycles. The Morgan fingerprint density at radius 2 is 1.89 bits per heavy atom. The Hall–Kier alpha value is -2.49. The Morgan fingerprint density at radius 1 is 1.16 bits per heavy atom. The fraction of sp³-hybridized carbons (Fsp3) is 0.0667. The van der Waals surface area contributed by atoms with E-state index in [9.17, 15) is 14.0 Å². The lowest BCUT2D eigenvalue weighted by Crippen LogP contribution is -2.08. The number of hydrogen-bond donors (Lipinski definition) is 1. The van der Waals surface area contributed by atoms with E-state index in [-0.39, 0.29) is 17.8 Å². The van der Waals surface area contributed by atoms with Gasteiger partial charge in [0.05, 0.1) is 5.69 Å². The van der Waals surface area contributed by atoms with Gasteiger partial charge in [0.15, 0.2) is 5.78 Å². The summed E-state index contributed by atoms with van der Waals surface area (Å²) >= 11 is 0. The van der Waals surface area contributed by atoms with E-state index in [1.54, 1.807) is 0 Å². The highest BCUT2D eigenvalue weighted by molar-refractivity contribution is 6.03. The van der Waals surface area contributed by atoms with E-state index in [1.165, 1.54) is 12.1 Å². The molecule has 0 heterocycles. The largest absolute Gasteiger partial charge is 0.328 e. The molecule has 0 fully saturated rings. The van der Waals surface area contributed by atoms with Crippen molar-refractivity contribution in [3.8, 4) is 0 Å². The van der Waals surface area contributed by atoms with E-state index >= 15 is 0 Å². The summed E-state index contributed by atoms with van der Waals surface area (Å²) in [5, 5.41) is 2.40. The molecule has 0 spiro atoms. The molecule has 0 saturated carbocycles. The van der Waals surface area contributed by atoms with Crippen LogP contribution in [-0.4, -0.2) is 12.2 Å². The first-order valence-electron chi connectivity index (χ1n) is 5.77. The van der Waals surface area contributed by atoms with Gasteiger partial charge in [-0.15, -0.1) is 0 Å². The second-order valence-corrected chi connectivity index (χ2v) is 4.04. The summed E-state index contributed by atoms with van der Waals surface area (Å²) in [7, 11) is 0. The van der Waals surface area contributed by atoms with Crippen LogP contribution in [0.5, 0.6) is 0 Å². The summed E-state index contributed by atoms with van der Waals surface area (Å²) in [6.07, 6.45) is 0.629. The van der Waals surface area contributed by atoms with Crippen molar-refractivity contribution in [3.05, 3.63) is 65.5 Å². The maximum atomic E-state index is 13.2. The van der Waals surface area contributed by atoms with Gasteiger partial charge in [-0.05, 0) is 23.8 Å². The first-order valence-corrected chi connectivity index (χ1v) is 5.77. The number of rotatable bonds is 5. The van der Waals surface area contributed by atoms with Crippen LogP contribution in [0, 0.1) is 5.82 Å². The quantitative estimate of drug-likeness (QED) is 0.661. The summed E-state index contributed by atoms with van der Waals surface area (Å²) in [6, 6.07) is 12.9. The molecule has 0 radical (unpaired) electrons. The molecule has 96 valence electrons. The Kier molecular flexibility index (Phi) is 4.03. The average molecular weight is 257 g/mol. The lowest BCUT2D eigenvalue weighted by Gasteiger charge is -2.07. The monoisotopic (exact) mass is 257 g/mol. The predicted molar refractivity (Wildman–Crippen MR) is 70.6 cm³/mol. The van der Waals surface area contributed by atoms with Gasteiger partial charge in [0.2, 0.25) is 6.41 Å². The number of ketones is 1. The molecule has 0 aliphatic carbocycles. The molecule has 2 rings (SSSR count). The van der Waals surface area contributed by atoms with Crippen molar-refractivity contribution in [1.82, 2.24) is 0 Å². The van der Waals surface area contributed by atoms with Gasteiger partial charge in [-0.1, -0.05) is 30.3 Å². The maximum absolute atomic E-state index is 13.2. The third-order valence-corrected chi connectivity index (χ3v) is 2.70. The number of anilines is 1. The van der Waals surface area contributed by atoms with Gasteiger partial charge >= 0.3 is 0 Å². The highest BCUT2D eigenvalue weighted by Gasteiger charge is 2.13. The van der Waals surface area contributed by atoms with Crippen LogP contribution in [0.1, 0.15) is 15.9 Å². The van der Waals surface area contributed by atoms with Crippen molar-refractivity contribution in [1.29, 1.82) is 0 Å². The van der Waals surface area contributed by atoms with Crippen LogP contribution in [0.2, 0.25) is 0 Å². The topological polar surface area (TPSA) is 46.2 Å². The van der Waals surface area contributed by atoms with Crippen LogP contribution in [0.15, 0.2) is 48.5 Å². The molecule has 1 N–H and O–H groups in total. The zero-order valence-corrected chi connectivity index (χ0v) is 10.1. The average Bonchev–Trinajstić information content (AvgIpc) is 2.42. The van der Waals surface area contributed by atoms with Crippen LogP contribution < -0.4 is 5.32 Å². The fourth-order valence-electron chi connectivity index (χ4n) is 1.81. The standard InChI is InChI=1S/C15H12FNO2/c16-12-6-7-14(17-10-18)13(9-12)15(19)8-11-4-2-1-3-5-11/h1-7,9-10H,8H2,(H,17,18). The van der Waals surface area contributed by atoms with Gasteiger partial charge in [-0.25, -0.2) is 4.39 Å². The van der Waals surface area contributed by atoms with Crippen molar-refractivity contribution in [2.24, 2.45) is 0 Å². The zero-order chi connectivity index (χ0) is 13.7. The van der Waals surface area contributed by atoms with Gasteiger partial charge < -0.3 is 5.32 Å². The van der Waals surface area contributed by atoms with Crippen molar-refractivity contribution in [2.75, 3.05) is 5.32 Å². The van der Waals surface area contributed by atoms with Crippen LogP contribution in [-0.2, 0) is 11.2 Å². The smallest absolute Gasteiger partial charge is 0.211 e. The Balaban J connectivity index is 2.27. The molecule has 4 heteroatoms. The number of halogens is 1. The van der Waals surface area contributed by atoms with Gasteiger partial charge in [0.25, 0.3) is 0 Å². The molecule has 19 heavy (non-hydrogen) atoms. The number of hydrogen-bond acceptors (Lipinski definition) is 2. The Labute approximate surface area is 110 Å². The van der Waals surface area contributed by atoms with Gasteiger partial charge in [-0.2, -0.15) is 0 Å². The van der Waals surface area contributed by atoms with E-state index in [2.05, 4.69) is 5.32 Å². The predicted octanol–water partition coefficient (Wildman–Crippen LogP) is 2.82. The summed E-state index contributed by atoms with van der Waals surface area (Å²) in [6.45, 7) is 0. The number of Topliss-reactive ketones (excluding diaryl/α,β-unsaturated/α-hetero) is 1. The lowest BCUT2D eigenvalue weighted by molar-refractivity contribution is -0.105. The lowest BCUT2D eigenvalue weighted by atomic mass is 10.0. The summed E-state index contributed by atoms with van der Waals surface area (Å²) < 4.78 is 13.2. The number of carbonyl (C=O) groups is 2. The summed E-state index contributed by atoms with van der Waals surface area (Å²) in [5.41, 5.74) is 1.34. The fourth-order valence-corrected chi connectivity index (χ4v) is 1.81. The first kappa shape index (κ1) is 13.0. The van der Waals surface area contributed by atoms with Crippen molar-refractivity contribution < 1.29 is 14.0 Å². The van der Waals surface area contributed by atoms with Crippen LogP contribution in [0.4, 0.5) is 10.1 Å². The van der Waals surface area contributed by atoms with Crippen molar-refractivity contribution in [2.45, 2.75) is 6.42 Å². The van der Waals surface area contributed by atoms with Crippen LogP contribution in [0.3, 0.4) is 0 Å². The maximum Gasteiger partial charge on any atom is 0.211 e. The molecule has 2 aromatic rings. The van der Waals surface area contributed by atoms with E-state index < -0.39 is 5.82 Å². The molecule has 0 bridgehead atoms. The molecule has 0 atom stereocenters. The second-order valence-electron chi connectivity index (χ2n) is 4.04. The number of carbonyl (C=O) groups excluding carboxylic acids is 2. The summed E-state index contributed by atoms with van der Waals surface area (Å²) in [5.74, 6) is -0.747. The van der Waals surface area contributed by atoms with Crippen LogP contribution >= 0.6 is 0 Å². The number of amides is 1. The summed E-state index contributed by atoms with van der Waals surface area (Å²) in [4.78, 5) is 22.6. The normalized spacial score (nSPS) is 9.95. The number of benzene rings is 2. The van der Waals surface area contributed by atoms with Gasteiger partial charge in [0, 0.05) is 12.0 Å². The Morgan fingerprint density at radius 3 is 2.58 bits per heavy atom. The SMILES string of the molecule is O=CNc1ccc(F)cc1C(=O)Cc1ccccc1. The molecule has 1 amide bonds. The zero-order valence-electron chi connectivity index (χ0n) is 10.1. The minimum atomic E-state index is -0.507. The molecule has 0 aliphatic rings. The molecular formula is C15H12FNO2. The number of nitrogens with one attached hydrogen (secondary N) is 1. The second kappa shape index (κ2) is 5.91. The molecule has 0 aliphatic heterocycles. The van der Waals surface area contributed by atoms with E-state index in [0.717, 1.165) is 11.6 Å². The Bertz CT molecular complexity index is 596. The first-order chi connectivity index (χ1) is 9.20.